The maximum absolute atomic E-state index is 4.95. The van der Waals surface area contributed by atoms with Crippen LogP contribution in [-0.4, -0.2) is 17.2 Å². The van der Waals surface area contributed by atoms with Gasteiger partial charge in [-0.2, -0.15) is 4.98 Å². The molecule has 0 bridgehead atoms. The van der Waals surface area contributed by atoms with E-state index in [0.717, 1.165) is 12.0 Å². The minimum absolute atomic E-state index is 0.435. The first kappa shape index (κ1) is 9.71. The molecule has 0 spiro atoms. The fourth-order valence-electron chi connectivity index (χ4n) is 1.33. The van der Waals surface area contributed by atoms with Crippen molar-refractivity contribution in [2.24, 2.45) is 0 Å². The predicted octanol–water partition coefficient (Wildman–Crippen LogP) is 2.34. The van der Waals surface area contributed by atoms with Crippen LogP contribution in [0.25, 0.3) is 11.4 Å². The summed E-state index contributed by atoms with van der Waals surface area (Å²) in [5, 5.41) is 6.66. The molecule has 2 aromatic rings. The second-order valence-corrected chi connectivity index (χ2v) is 3.22. The Morgan fingerprint density at radius 2 is 2.00 bits per heavy atom. The molecule has 0 fully saturated rings. The normalized spacial score (nSPS) is 10.3. The summed E-state index contributed by atoms with van der Waals surface area (Å²) in [5.74, 6) is 0.613. The summed E-state index contributed by atoms with van der Waals surface area (Å²) in [6.45, 7) is 2.13. The number of anilines is 1. The molecular formula is C11H13N3O. The number of nitrogens with one attached hydrogen (secondary N) is 1. The molecule has 0 saturated heterocycles. The van der Waals surface area contributed by atoms with Crippen molar-refractivity contribution in [3.8, 4) is 11.4 Å². The predicted molar refractivity (Wildman–Crippen MR) is 58.7 cm³/mol. The van der Waals surface area contributed by atoms with E-state index in [1.807, 2.05) is 12.1 Å². The molecule has 0 aliphatic heterocycles. The molecule has 0 aliphatic rings. The highest BCUT2D eigenvalue weighted by Crippen LogP contribution is 2.17. The van der Waals surface area contributed by atoms with E-state index in [9.17, 15) is 0 Å². The first-order chi connectivity index (χ1) is 7.33. The molecule has 0 saturated carbocycles. The van der Waals surface area contributed by atoms with E-state index < -0.39 is 0 Å². The van der Waals surface area contributed by atoms with Crippen LogP contribution in [0.1, 0.15) is 12.5 Å². The third kappa shape index (κ3) is 1.98. The zero-order valence-electron chi connectivity index (χ0n) is 8.82. The van der Waals surface area contributed by atoms with Gasteiger partial charge >= 0.3 is 6.01 Å². The van der Waals surface area contributed by atoms with Crippen LogP contribution in [0.15, 0.2) is 28.8 Å². The highest BCUT2D eigenvalue weighted by atomic mass is 16.5. The first-order valence-corrected chi connectivity index (χ1v) is 4.94. The van der Waals surface area contributed by atoms with Gasteiger partial charge < -0.3 is 9.84 Å². The van der Waals surface area contributed by atoms with Crippen LogP contribution in [-0.2, 0) is 6.42 Å². The molecule has 2 rings (SSSR count). The van der Waals surface area contributed by atoms with E-state index in [4.69, 9.17) is 4.52 Å². The second kappa shape index (κ2) is 4.13. The van der Waals surface area contributed by atoms with Gasteiger partial charge in [-0.25, -0.2) is 0 Å². The summed E-state index contributed by atoms with van der Waals surface area (Å²) in [5.41, 5.74) is 2.27. The lowest BCUT2D eigenvalue weighted by Crippen LogP contribution is -1.87. The third-order valence-corrected chi connectivity index (χ3v) is 2.26. The largest absolute Gasteiger partial charge is 0.341 e. The Bertz CT molecular complexity index is 433. The molecule has 0 unspecified atom stereocenters. The fraction of sp³-hybridized carbons (Fsp3) is 0.273. The Morgan fingerprint density at radius 1 is 1.27 bits per heavy atom. The number of hydrogen-bond acceptors (Lipinski definition) is 4. The van der Waals surface area contributed by atoms with Crippen molar-refractivity contribution < 1.29 is 4.52 Å². The minimum Gasteiger partial charge on any atom is -0.341 e. The van der Waals surface area contributed by atoms with Crippen LogP contribution in [0.4, 0.5) is 6.01 Å². The van der Waals surface area contributed by atoms with Crippen LogP contribution < -0.4 is 5.32 Å². The quantitative estimate of drug-likeness (QED) is 0.831. The zero-order chi connectivity index (χ0) is 10.7. The van der Waals surface area contributed by atoms with Crippen molar-refractivity contribution in [3.05, 3.63) is 29.8 Å². The monoisotopic (exact) mass is 203 g/mol. The van der Waals surface area contributed by atoms with Gasteiger partial charge in [0, 0.05) is 12.6 Å². The maximum Gasteiger partial charge on any atom is 0.321 e. The lowest BCUT2D eigenvalue weighted by Gasteiger charge is -1.96. The van der Waals surface area contributed by atoms with Crippen molar-refractivity contribution in [2.45, 2.75) is 13.3 Å². The molecule has 0 atom stereocenters. The molecule has 0 amide bonds. The summed E-state index contributed by atoms with van der Waals surface area (Å²) in [7, 11) is 1.75. The van der Waals surface area contributed by atoms with E-state index in [2.05, 4.69) is 34.5 Å². The average Bonchev–Trinajstić information content (AvgIpc) is 2.78. The zero-order valence-corrected chi connectivity index (χ0v) is 8.82. The Morgan fingerprint density at radius 3 is 2.53 bits per heavy atom. The number of benzene rings is 1. The van der Waals surface area contributed by atoms with Gasteiger partial charge in [0.05, 0.1) is 0 Å². The summed E-state index contributed by atoms with van der Waals surface area (Å²) in [4.78, 5) is 4.17. The highest BCUT2D eigenvalue weighted by molar-refractivity contribution is 5.55. The number of rotatable bonds is 3. The Hall–Kier alpha value is -1.84. The van der Waals surface area contributed by atoms with Gasteiger partial charge in [-0.1, -0.05) is 36.3 Å². The lowest BCUT2D eigenvalue weighted by atomic mass is 10.1. The molecule has 15 heavy (non-hydrogen) atoms. The van der Waals surface area contributed by atoms with Crippen LogP contribution in [0.3, 0.4) is 0 Å². The summed E-state index contributed by atoms with van der Waals surface area (Å²) < 4.78 is 4.95. The molecule has 1 aromatic heterocycles. The average molecular weight is 203 g/mol. The van der Waals surface area contributed by atoms with E-state index >= 15 is 0 Å². The third-order valence-electron chi connectivity index (χ3n) is 2.26. The van der Waals surface area contributed by atoms with E-state index in [1.165, 1.54) is 5.56 Å². The molecule has 0 aliphatic carbocycles. The molecular weight excluding hydrogens is 190 g/mol. The number of aromatic nitrogens is 2. The highest BCUT2D eigenvalue weighted by Gasteiger charge is 2.06. The van der Waals surface area contributed by atoms with E-state index in [-0.39, 0.29) is 0 Å². The van der Waals surface area contributed by atoms with E-state index in [1.54, 1.807) is 7.05 Å². The van der Waals surface area contributed by atoms with Gasteiger partial charge in [0.1, 0.15) is 0 Å². The Kier molecular flexibility index (Phi) is 2.67. The SMILES string of the molecule is CCc1ccc(-c2noc(NC)n2)cc1. The molecule has 4 heteroatoms. The summed E-state index contributed by atoms with van der Waals surface area (Å²) in [6, 6.07) is 8.59. The summed E-state index contributed by atoms with van der Waals surface area (Å²) >= 11 is 0. The molecule has 78 valence electrons. The van der Waals surface area contributed by atoms with Gasteiger partial charge in [0.2, 0.25) is 5.82 Å². The Balaban J connectivity index is 2.28. The van der Waals surface area contributed by atoms with Crippen molar-refractivity contribution in [2.75, 3.05) is 12.4 Å². The second-order valence-electron chi connectivity index (χ2n) is 3.22. The number of nitrogens with zero attached hydrogens (tertiary/aromatic N) is 2. The van der Waals surface area contributed by atoms with Gasteiger partial charge in [-0.05, 0) is 12.0 Å². The fourth-order valence-corrected chi connectivity index (χ4v) is 1.33. The summed E-state index contributed by atoms with van der Waals surface area (Å²) in [6.07, 6.45) is 1.04. The number of hydrogen-bond donors (Lipinski definition) is 1. The van der Waals surface area contributed by atoms with Crippen LogP contribution in [0.5, 0.6) is 0 Å². The topological polar surface area (TPSA) is 51.0 Å². The molecule has 0 radical (unpaired) electrons. The minimum atomic E-state index is 0.435. The molecule has 1 aromatic carbocycles. The molecule has 1 N–H and O–H groups in total. The lowest BCUT2D eigenvalue weighted by molar-refractivity contribution is 0.434. The van der Waals surface area contributed by atoms with Crippen LogP contribution in [0.2, 0.25) is 0 Å². The van der Waals surface area contributed by atoms with Crippen molar-refractivity contribution in [1.82, 2.24) is 10.1 Å². The van der Waals surface area contributed by atoms with Crippen LogP contribution in [0, 0.1) is 0 Å². The first-order valence-electron chi connectivity index (χ1n) is 4.94. The van der Waals surface area contributed by atoms with Gasteiger partial charge in [0.15, 0.2) is 0 Å². The van der Waals surface area contributed by atoms with E-state index in [0.29, 0.717) is 11.8 Å². The molecule has 1 heterocycles. The maximum atomic E-state index is 4.95. The van der Waals surface area contributed by atoms with Crippen molar-refractivity contribution in [1.29, 1.82) is 0 Å². The smallest absolute Gasteiger partial charge is 0.321 e. The standard InChI is InChI=1S/C11H13N3O/c1-3-8-4-6-9(7-5-8)10-13-11(12-2)15-14-10/h4-7H,3H2,1-2H3,(H,12,13,14). The van der Waals surface area contributed by atoms with Gasteiger partial charge in [-0.3, -0.25) is 0 Å². The molecule has 4 nitrogen and oxygen atoms in total. The van der Waals surface area contributed by atoms with Gasteiger partial charge in [-0.15, -0.1) is 0 Å². The van der Waals surface area contributed by atoms with Gasteiger partial charge in [0.25, 0.3) is 0 Å². The van der Waals surface area contributed by atoms with Crippen LogP contribution >= 0.6 is 0 Å². The Labute approximate surface area is 88.3 Å². The van der Waals surface area contributed by atoms with Crippen molar-refractivity contribution >= 4 is 6.01 Å². The van der Waals surface area contributed by atoms with Crippen molar-refractivity contribution in [3.63, 3.8) is 0 Å². The number of aryl methyl sites for hydroxylation is 1.